The number of anilines is 2. The molecule has 2 amide bonds. The molecule has 0 aliphatic carbocycles. The van der Waals surface area contributed by atoms with Gasteiger partial charge in [0.2, 0.25) is 0 Å². The molecule has 7 nitrogen and oxygen atoms in total. The summed E-state index contributed by atoms with van der Waals surface area (Å²) in [6.07, 6.45) is 2.25. The van der Waals surface area contributed by atoms with Gasteiger partial charge in [-0.2, -0.15) is 0 Å². The van der Waals surface area contributed by atoms with E-state index in [4.69, 9.17) is 5.11 Å². The molecule has 0 aliphatic heterocycles. The Bertz CT molecular complexity index is 1430. The van der Waals surface area contributed by atoms with E-state index in [1.807, 2.05) is 24.3 Å². The molecule has 0 atom stereocenters. The number of nitrogens with one attached hydrogen (secondary N) is 2. The van der Waals surface area contributed by atoms with Gasteiger partial charge in [0.25, 0.3) is 5.56 Å². The van der Waals surface area contributed by atoms with Crippen LogP contribution in [0.3, 0.4) is 0 Å². The lowest BCUT2D eigenvalue weighted by Gasteiger charge is -2.11. The van der Waals surface area contributed by atoms with E-state index in [1.54, 1.807) is 53.2 Å². The van der Waals surface area contributed by atoms with Crippen LogP contribution in [0.5, 0.6) is 0 Å². The smallest absolute Gasteiger partial charge is 0.323 e. The fourth-order valence-corrected chi connectivity index (χ4v) is 3.72. The summed E-state index contributed by atoms with van der Waals surface area (Å²) in [4.78, 5) is 36.0. The summed E-state index contributed by atoms with van der Waals surface area (Å²) in [7, 11) is 0. The summed E-state index contributed by atoms with van der Waals surface area (Å²) in [5, 5.41) is 13.9. The number of halogens is 1. The van der Waals surface area contributed by atoms with Crippen LogP contribution in [-0.2, 0) is 17.8 Å². The van der Waals surface area contributed by atoms with Crippen molar-refractivity contribution in [1.82, 2.24) is 4.57 Å². The van der Waals surface area contributed by atoms with E-state index in [2.05, 4.69) is 10.6 Å². The topological polar surface area (TPSA) is 100 Å². The minimum Gasteiger partial charge on any atom is -0.481 e. The molecule has 182 valence electrons. The number of pyridine rings is 1. The Labute approximate surface area is 206 Å². The number of hydrogen-bond acceptors (Lipinski definition) is 3. The van der Waals surface area contributed by atoms with E-state index in [0.29, 0.717) is 29.8 Å². The zero-order valence-electron chi connectivity index (χ0n) is 19.3. The third kappa shape index (κ3) is 6.24. The second-order valence-corrected chi connectivity index (χ2v) is 8.20. The monoisotopic (exact) mass is 485 g/mol. The molecule has 0 spiro atoms. The van der Waals surface area contributed by atoms with Gasteiger partial charge in [-0.3, -0.25) is 9.59 Å². The Morgan fingerprint density at radius 3 is 2.22 bits per heavy atom. The first-order valence-corrected chi connectivity index (χ1v) is 11.3. The van der Waals surface area contributed by atoms with Gasteiger partial charge in [0.15, 0.2) is 0 Å². The van der Waals surface area contributed by atoms with Crippen LogP contribution < -0.4 is 16.2 Å². The zero-order valence-corrected chi connectivity index (χ0v) is 19.3. The number of para-hydroxylation sites is 1. The molecule has 0 bridgehead atoms. The van der Waals surface area contributed by atoms with Crippen molar-refractivity contribution in [2.75, 3.05) is 10.6 Å². The summed E-state index contributed by atoms with van der Waals surface area (Å²) >= 11 is 0. The minimum absolute atomic E-state index is 0.0748. The summed E-state index contributed by atoms with van der Waals surface area (Å²) in [5.41, 5.74) is 3.47. The molecule has 1 heterocycles. The predicted molar refractivity (Wildman–Crippen MR) is 137 cm³/mol. The first kappa shape index (κ1) is 24.4. The van der Waals surface area contributed by atoms with Crippen molar-refractivity contribution in [1.29, 1.82) is 0 Å². The van der Waals surface area contributed by atoms with Crippen LogP contribution in [0.2, 0.25) is 0 Å². The van der Waals surface area contributed by atoms with Crippen LogP contribution >= 0.6 is 0 Å². The molecule has 8 heteroatoms. The van der Waals surface area contributed by atoms with Gasteiger partial charge in [0.1, 0.15) is 5.82 Å². The number of carboxylic acid groups (broad SMARTS) is 1. The maximum absolute atomic E-state index is 13.7. The fourth-order valence-electron chi connectivity index (χ4n) is 3.72. The van der Waals surface area contributed by atoms with Crippen molar-refractivity contribution in [2.24, 2.45) is 0 Å². The van der Waals surface area contributed by atoms with Gasteiger partial charge in [-0.25, -0.2) is 9.18 Å². The maximum atomic E-state index is 13.7. The Morgan fingerprint density at radius 1 is 0.833 bits per heavy atom. The number of benzene rings is 3. The van der Waals surface area contributed by atoms with Crippen molar-refractivity contribution < 1.29 is 19.1 Å². The molecule has 0 aliphatic rings. The van der Waals surface area contributed by atoms with Crippen LogP contribution in [0, 0.1) is 5.82 Å². The van der Waals surface area contributed by atoms with Gasteiger partial charge in [-0.1, -0.05) is 48.5 Å². The highest BCUT2D eigenvalue weighted by atomic mass is 19.1. The SMILES string of the molecule is O=C(O)CCc1ccc(Cn2cccc(-c3ccc(NC(=O)Nc4ccccc4F)cc3)c2=O)cc1. The number of urea groups is 1. The standard InChI is InChI=1S/C28H24FN3O4/c29-24-5-1-2-6-25(24)31-28(36)30-22-14-12-21(13-15-22)23-4-3-17-32(27(23)35)18-20-9-7-19(8-10-20)11-16-26(33)34/h1-10,12-15,17H,11,16,18H2,(H,33,34)(H2,30,31,36). The van der Waals surface area contributed by atoms with E-state index in [0.717, 1.165) is 11.1 Å². The van der Waals surface area contributed by atoms with Crippen LogP contribution in [-0.4, -0.2) is 21.7 Å². The average Bonchev–Trinajstić information content (AvgIpc) is 2.87. The summed E-state index contributed by atoms with van der Waals surface area (Å²) < 4.78 is 15.3. The molecule has 4 aromatic rings. The average molecular weight is 486 g/mol. The number of hydrogen-bond donors (Lipinski definition) is 3. The molecule has 1 aromatic heterocycles. The third-order valence-corrected chi connectivity index (χ3v) is 5.60. The van der Waals surface area contributed by atoms with Gasteiger partial charge >= 0.3 is 12.0 Å². The van der Waals surface area contributed by atoms with Crippen LogP contribution in [0.15, 0.2) is 95.9 Å². The van der Waals surface area contributed by atoms with Gasteiger partial charge in [0.05, 0.1) is 12.2 Å². The lowest BCUT2D eigenvalue weighted by atomic mass is 10.1. The van der Waals surface area contributed by atoms with Crippen molar-refractivity contribution in [3.05, 3.63) is 118 Å². The summed E-state index contributed by atoms with van der Waals surface area (Å²) in [6.45, 7) is 0.377. The second-order valence-electron chi connectivity index (χ2n) is 8.20. The number of aromatic nitrogens is 1. The van der Waals surface area contributed by atoms with Gasteiger partial charge < -0.3 is 20.3 Å². The molecule has 4 rings (SSSR count). The van der Waals surface area contributed by atoms with E-state index in [-0.39, 0.29) is 17.7 Å². The van der Waals surface area contributed by atoms with E-state index in [9.17, 15) is 18.8 Å². The lowest BCUT2D eigenvalue weighted by molar-refractivity contribution is -0.136. The van der Waals surface area contributed by atoms with Gasteiger partial charge in [-0.15, -0.1) is 0 Å². The third-order valence-electron chi connectivity index (χ3n) is 5.60. The van der Waals surface area contributed by atoms with Gasteiger partial charge in [-0.05, 0) is 59.5 Å². The first-order chi connectivity index (χ1) is 17.4. The van der Waals surface area contributed by atoms with Crippen molar-refractivity contribution in [3.8, 4) is 11.1 Å². The van der Waals surface area contributed by atoms with Crippen molar-refractivity contribution in [2.45, 2.75) is 19.4 Å². The summed E-state index contributed by atoms with van der Waals surface area (Å²) in [5.74, 6) is -1.37. The van der Waals surface area contributed by atoms with Crippen molar-refractivity contribution >= 4 is 23.4 Å². The Kier molecular flexibility index (Phi) is 7.55. The quantitative estimate of drug-likeness (QED) is 0.313. The Balaban J connectivity index is 1.43. The molecule has 0 fully saturated rings. The molecule has 0 saturated heterocycles. The van der Waals surface area contributed by atoms with Crippen LogP contribution in [0.4, 0.5) is 20.6 Å². The number of carboxylic acids is 1. The lowest BCUT2D eigenvalue weighted by Crippen LogP contribution is -2.21. The normalized spacial score (nSPS) is 10.6. The highest BCUT2D eigenvalue weighted by Gasteiger charge is 2.09. The Hall–Kier alpha value is -4.72. The van der Waals surface area contributed by atoms with E-state index >= 15 is 0 Å². The number of aliphatic carboxylic acids is 1. The number of carbonyl (C=O) groups is 2. The molecular weight excluding hydrogens is 461 g/mol. The fraction of sp³-hybridized carbons (Fsp3) is 0.107. The number of rotatable bonds is 8. The number of carbonyl (C=O) groups excluding carboxylic acids is 1. The molecule has 0 unspecified atom stereocenters. The second kappa shape index (κ2) is 11.1. The minimum atomic E-state index is -0.836. The molecule has 36 heavy (non-hydrogen) atoms. The van der Waals surface area contributed by atoms with Crippen molar-refractivity contribution in [3.63, 3.8) is 0 Å². The highest BCUT2D eigenvalue weighted by Crippen LogP contribution is 2.19. The maximum Gasteiger partial charge on any atom is 0.323 e. The van der Waals surface area contributed by atoms with Crippen LogP contribution in [0.1, 0.15) is 17.5 Å². The van der Waals surface area contributed by atoms with Gasteiger partial charge in [0, 0.05) is 23.9 Å². The zero-order chi connectivity index (χ0) is 25.5. The predicted octanol–water partition coefficient (Wildman–Crippen LogP) is 5.36. The Morgan fingerprint density at radius 2 is 1.53 bits per heavy atom. The van der Waals surface area contributed by atoms with Crippen LogP contribution in [0.25, 0.3) is 11.1 Å². The number of amides is 2. The molecule has 0 radical (unpaired) electrons. The molecular formula is C28H24FN3O4. The number of aryl methyl sites for hydroxylation is 1. The molecule has 0 saturated carbocycles. The first-order valence-electron chi connectivity index (χ1n) is 11.3. The largest absolute Gasteiger partial charge is 0.481 e. The highest BCUT2D eigenvalue weighted by molar-refractivity contribution is 5.99. The van der Waals surface area contributed by atoms with E-state index in [1.165, 1.54) is 18.2 Å². The molecule has 3 aromatic carbocycles. The van der Waals surface area contributed by atoms with E-state index < -0.39 is 17.8 Å². The molecule has 3 N–H and O–H groups in total. The number of nitrogens with zero attached hydrogens (tertiary/aromatic N) is 1. The summed E-state index contributed by atoms with van der Waals surface area (Å²) in [6, 6.07) is 23.2.